The molecule has 7 atom stereocenters. The lowest BCUT2D eigenvalue weighted by Gasteiger charge is -2.63. The first kappa shape index (κ1) is 86.3. The van der Waals surface area contributed by atoms with Crippen LogP contribution in [0.4, 0.5) is 28.4 Å². The van der Waals surface area contributed by atoms with Gasteiger partial charge in [-0.25, -0.2) is 0 Å². The highest BCUT2D eigenvalue weighted by Gasteiger charge is 2.70. The van der Waals surface area contributed by atoms with Crippen LogP contribution in [0.3, 0.4) is 0 Å². The van der Waals surface area contributed by atoms with Crippen LogP contribution >= 0.6 is 34.0 Å². The Kier molecular flexibility index (Phi) is 20.0. The molecule has 0 N–H and O–H groups in total. The fraction of sp³-hybridized carbons (Fsp3) is 0.426. The second-order valence-electron chi connectivity index (χ2n) is 44.8. The average Bonchev–Trinajstić information content (AvgIpc) is 1.67. The molecule has 0 radical (unpaired) electrons. The molecular weight excluding hydrogens is 1660 g/mol. The van der Waals surface area contributed by atoms with Crippen molar-refractivity contribution in [3.63, 3.8) is 0 Å². The lowest BCUT2D eigenvalue weighted by Crippen LogP contribution is -2.62. The minimum absolute atomic E-state index is 0.0138. The Morgan fingerprint density at radius 2 is 0.591 bits per heavy atom. The molecule has 0 amide bonds. The molecular formula is C122H135N5O2S3. The predicted octanol–water partition coefficient (Wildman–Crippen LogP) is 34.7. The second-order valence-corrected chi connectivity index (χ2v) is 48.0. The fourth-order valence-corrected chi connectivity index (χ4v) is 35.2. The van der Waals surface area contributed by atoms with Crippen molar-refractivity contribution in [1.82, 2.24) is 0 Å². The number of hydrogen-bond acceptors (Lipinski definition) is 10. The summed E-state index contributed by atoms with van der Waals surface area (Å²) in [4.78, 5) is 18.8. The van der Waals surface area contributed by atoms with E-state index in [0.717, 1.165) is 46.4 Å². The molecule has 6 saturated carbocycles. The molecule has 6 aliphatic carbocycles. The maximum atomic E-state index is 6.60. The number of thiophene rings is 3. The van der Waals surface area contributed by atoms with Gasteiger partial charge in [-0.1, -0.05) is 269 Å². The predicted molar refractivity (Wildman–Crippen MR) is 560 cm³/mol. The molecule has 13 aliphatic rings. The third-order valence-corrected chi connectivity index (χ3v) is 42.1. The van der Waals surface area contributed by atoms with Gasteiger partial charge in [0.1, 0.15) is 33.8 Å². The summed E-state index contributed by atoms with van der Waals surface area (Å²) in [5, 5.41) is 7.01. The third-order valence-electron chi connectivity index (χ3n) is 38.1. The summed E-state index contributed by atoms with van der Waals surface area (Å²) in [7, 11) is 0. The van der Waals surface area contributed by atoms with Gasteiger partial charge in [0.2, 0.25) is 0 Å². The Bertz CT molecular complexity index is 6900. The Balaban J connectivity index is 0.0000000937. The molecule has 28 rings (SSSR count). The van der Waals surface area contributed by atoms with E-state index in [2.05, 4.69) is 416 Å². The van der Waals surface area contributed by atoms with E-state index in [0.29, 0.717) is 18.1 Å². The van der Waals surface area contributed by atoms with Gasteiger partial charge in [-0.2, -0.15) is 0 Å². The Morgan fingerprint density at radius 1 is 0.288 bits per heavy atom. The maximum Gasteiger partial charge on any atom is 0.136 e. The number of para-hydroxylation sites is 7. The highest BCUT2D eigenvalue weighted by Crippen LogP contribution is 2.74. The molecule has 7 unspecified atom stereocenters. The molecule has 678 valence electrons. The van der Waals surface area contributed by atoms with Crippen LogP contribution in [0.25, 0.3) is 52.2 Å². The van der Waals surface area contributed by atoms with Crippen LogP contribution in [0, 0.1) is 69.1 Å². The zero-order chi connectivity index (χ0) is 91.4. The van der Waals surface area contributed by atoms with Crippen molar-refractivity contribution in [2.24, 2.45) is 34.5 Å². The Labute approximate surface area is 797 Å². The number of rotatable bonds is 3. The van der Waals surface area contributed by atoms with Crippen molar-refractivity contribution in [2.45, 2.75) is 297 Å². The first-order valence-corrected chi connectivity index (χ1v) is 52.8. The SMILES string of the molecule is Cc1cccc2c1N1C(C)c3c(oc4ccccc34)C1(C)C(C)(C)C2(C)C.Cc1cccc2c1N1C(C)c3c(oc4ccccc34)C1(C)C(C)(C)C2(C)C.Cc1ccccc1N1C(C)c2c(sc3ccccc23)C12C1CC3CC(C1)CC2C3.Cc1ccccc1N1C(C)c2c(sc3ccccc23)C12CCCC2.Cc1ccccc1N1C(C)c2c(sc3ccccc23)C12CCCCC2. The maximum absolute atomic E-state index is 6.60. The van der Waals surface area contributed by atoms with E-state index in [-0.39, 0.29) is 61.4 Å². The molecule has 10 aromatic carbocycles. The first-order chi connectivity index (χ1) is 63.4. The summed E-state index contributed by atoms with van der Waals surface area (Å²) in [6.07, 6.45) is 19.3. The number of aryl methyl sites for hydroxylation is 5. The zero-order valence-electron chi connectivity index (χ0n) is 81.8. The van der Waals surface area contributed by atoms with Crippen LogP contribution in [-0.4, -0.2) is 0 Å². The molecule has 0 saturated heterocycles. The smallest absolute Gasteiger partial charge is 0.136 e. The molecule has 7 aliphatic heterocycles. The average molecular weight is 1800 g/mol. The highest BCUT2D eigenvalue weighted by atomic mass is 32.1. The quantitative estimate of drug-likeness (QED) is 0.175. The number of furan rings is 2. The van der Waals surface area contributed by atoms with Gasteiger partial charge in [0, 0.05) is 89.9 Å². The van der Waals surface area contributed by atoms with Crippen molar-refractivity contribution in [3.05, 3.63) is 323 Å². The summed E-state index contributed by atoms with van der Waals surface area (Å²) in [5.41, 5.74) is 26.8. The Morgan fingerprint density at radius 3 is 0.977 bits per heavy atom. The monoisotopic (exact) mass is 1800 g/mol. The van der Waals surface area contributed by atoms with Crippen molar-refractivity contribution < 1.29 is 8.83 Å². The van der Waals surface area contributed by atoms with E-state index in [1.165, 1.54) is 209 Å². The van der Waals surface area contributed by atoms with Crippen LogP contribution < -0.4 is 24.5 Å². The second kappa shape index (κ2) is 30.6. The van der Waals surface area contributed by atoms with Gasteiger partial charge in [-0.3, -0.25) is 0 Å². The summed E-state index contributed by atoms with van der Waals surface area (Å²) in [6.45, 7) is 47.4. The minimum atomic E-state index is -0.205. The van der Waals surface area contributed by atoms with E-state index in [1.807, 2.05) is 11.3 Å². The normalized spacial score (nSPS) is 27.4. The van der Waals surface area contributed by atoms with E-state index >= 15 is 0 Å². The summed E-state index contributed by atoms with van der Waals surface area (Å²) in [5.74, 6) is 5.96. The van der Waals surface area contributed by atoms with Crippen LogP contribution in [0.15, 0.2) is 239 Å². The molecule has 12 heterocycles. The van der Waals surface area contributed by atoms with Crippen LogP contribution in [0.2, 0.25) is 0 Å². The van der Waals surface area contributed by atoms with Crippen LogP contribution in [0.1, 0.15) is 317 Å². The molecule has 6 fully saturated rings. The van der Waals surface area contributed by atoms with Gasteiger partial charge in [0.05, 0.1) is 46.8 Å². The van der Waals surface area contributed by atoms with Crippen LogP contribution in [0.5, 0.6) is 0 Å². The van der Waals surface area contributed by atoms with Gasteiger partial charge < -0.3 is 33.3 Å². The summed E-state index contributed by atoms with van der Waals surface area (Å²) >= 11 is 6.24. The minimum Gasteiger partial charge on any atom is -0.458 e. The van der Waals surface area contributed by atoms with Crippen LogP contribution in [-0.2, 0) is 38.5 Å². The summed E-state index contributed by atoms with van der Waals surface area (Å²) in [6, 6.07) is 86.8. The molecule has 15 aromatic rings. The fourth-order valence-electron chi connectivity index (χ4n) is 30.5. The molecule has 3 spiro atoms. The van der Waals surface area contributed by atoms with E-state index in [4.69, 9.17) is 8.83 Å². The Hall–Kier alpha value is -9.84. The van der Waals surface area contributed by atoms with Gasteiger partial charge in [0.25, 0.3) is 0 Å². The standard InChI is InChI=1S/C27H29NS.2C25H29NO.C23H25NS.C22H23NS/c1-16-7-3-5-9-23(16)28-17(2)25-22-8-4-6-10-24(22)29-26(25)27(28)20-12-18-11-19(14-20)15-21(27)13-18;2*1-15-11-10-13-18-21(15)26-16(2)20-17-12-8-9-14-19(17)27-22(20)25(26,7)24(5,6)23(18,3)4;1-16-10-4-6-12-19(16)24-17(2)21-18-11-5-7-13-20(18)25-22(21)23(24)14-8-3-9-15-23;1-15-9-3-5-11-18(15)23-16(2)20-17-10-4-6-12-19(17)24-21(20)22(23)13-7-8-14-22/h3-10,17-21H,11-15H2,1-2H3;2*8-14,16H,1-7H3;4-7,10-13,17H,3,8-9,14-15H2,1-2H3;3-6,9-12,16H,7-8,13-14H2,1-2H3. The lowest BCUT2D eigenvalue weighted by atomic mass is 9.48. The van der Waals surface area contributed by atoms with Crippen molar-refractivity contribution in [2.75, 3.05) is 24.5 Å². The van der Waals surface area contributed by atoms with Gasteiger partial charge >= 0.3 is 0 Å². The largest absolute Gasteiger partial charge is 0.458 e. The third kappa shape index (κ3) is 11.5. The van der Waals surface area contributed by atoms with Crippen molar-refractivity contribution in [1.29, 1.82) is 0 Å². The van der Waals surface area contributed by atoms with E-state index in [9.17, 15) is 0 Å². The molecule has 4 bridgehead atoms. The van der Waals surface area contributed by atoms with Crippen molar-refractivity contribution >= 4 is 115 Å². The number of benzene rings is 10. The molecule has 10 heteroatoms. The zero-order valence-corrected chi connectivity index (χ0v) is 84.3. The molecule has 132 heavy (non-hydrogen) atoms. The number of hydrogen-bond donors (Lipinski definition) is 0. The lowest BCUT2D eigenvalue weighted by molar-refractivity contribution is -0.0588. The highest BCUT2D eigenvalue weighted by molar-refractivity contribution is 7.20. The van der Waals surface area contributed by atoms with E-state index in [1.54, 1.807) is 31.3 Å². The first-order valence-electron chi connectivity index (χ1n) is 50.3. The number of anilines is 5. The van der Waals surface area contributed by atoms with Gasteiger partial charge in [-0.05, 0) is 296 Å². The van der Waals surface area contributed by atoms with Gasteiger partial charge in [0.15, 0.2) is 0 Å². The van der Waals surface area contributed by atoms with E-state index < -0.39 is 0 Å². The molecule has 5 aromatic heterocycles. The van der Waals surface area contributed by atoms with Crippen molar-refractivity contribution in [3.8, 4) is 0 Å². The van der Waals surface area contributed by atoms with Gasteiger partial charge in [-0.15, -0.1) is 34.0 Å². The summed E-state index contributed by atoms with van der Waals surface area (Å²) < 4.78 is 17.6. The number of fused-ring (bicyclic) bond motifs is 25. The molecule has 7 nitrogen and oxygen atoms in total. The number of nitrogens with zero attached hydrogens (tertiary/aromatic N) is 5. The topological polar surface area (TPSA) is 42.5 Å².